The van der Waals surface area contributed by atoms with Crippen molar-refractivity contribution in [3.05, 3.63) is 59.7 Å². The molecule has 2 aromatic carbocycles. The summed E-state index contributed by atoms with van der Waals surface area (Å²) in [5.41, 5.74) is 10.5. The van der Waals surface area contributed by atoms with E-state index in [-0.39, 0.29) is 11.7 Å². The molecular formula is C21H30N4O6S. The predicted molar refractivity (Wildman–Crippen MR) is 123 cm³/mol. The van der Waals surface area contributed by atoms with Crippen molar-refractivity contribution in [2.45, 2.75) is 31.6 Å². The minimum absolute atomic E-state index is 0.0579. The second kappa shape index (κ2) is 13.3. The summed E-state index contributed by atoms with van der Waals surface area (Å²) < 4.78 is 38.4. The fourth-order valence-corrected chi connectivity index (χ4v) is 2.22. The van der Waals surface area contributed by atoms with Gasteiger partial charge in [-0.05, 0) is 74.7 Å². The number of amidine groups is 2. The molecular weight excluding hydrogens is 436 g/mol. The Kier molecular flexibility index (Phi) is 11.2. The van der Waals surface area contributed by atoms with Crippen LogP contribution < -0.4 is 20.9 Å². The molecule has 1 atom stereocenters. The van der Waals surface area contributed by atoms with Crippen LogP contribution >= 0.6 is 0 Å². The molecule has 176 valence electrons. The van der Waals surface area contributed by atoms with E-state index < -0.39 is 15.6 Å². The highest BCUT2D eigenvalue weighted by atomic mass is 32.2. The van der Waals surface area contributed by atoms with Crippen LogP contribution in [0, 0.1) is 10.8 Å². The first-order chi connectivity index (χ1) is 15.0. The molecule has 0 spiro atoms. The summed E-state index contributed by atoms with van der Waals surface area (Å²) in [4.78, 5) is 0. The maximum atomic E-state index is 9.64. The lowest BCUT2D eigenvalue weighted by Crippen LogP contribution is -2.14. The van der Waals surface area contributed by atoms with Gasteiger partial charge in [0.25, 0.3) is 10.1 Å². The standard InChI is InChI=1S/C19H24N4O2.C2H6O4S/c20-18(21)14-4-8-16(9-5-14)24-12-2-1-3-13-25-17-10-6-15(7-11-17)19(22)23;1-2(3)7(4,5)6/h4-11H,1-3,12-13H2,(H3,20,21)(H3,22,23);2-3H,1H3,(H,4,5,6). The number of hydrogen-bond donors (Lipinski definition) is 6. The van der Waals surface area contributed by atoms with E-state index >= 15 is 0 Å². The highest BCUT2D eigenvalue weighted by molar-refractivity contribution is 7.86. The van der Waals surface area contributed by atoms with Crippen LogP contribution in [0.15, 0.2) is 48.5 Å². The second-order valence-corrected chi connectivity index (χ2v) is 8.46. The van der Waals surface area contributed by atoms with Crippen LogP contribution in [0.3, 0.4) is 0 Å². The van der Waals surface area contributed by atoms with Crippen LogP contribution in [0.1, 0.15) is 37.3 Å². The smallest absolute Gasteiger partial charge is 0.291 e. The van der Waals surface area contributed by atoms with Crippen molar-refractivity contribution in [3.63, 3.8) is 0 Å². The average Bonchev–Trinajstić information content (AvgIpc) is 2.73. The highest BCUT2D eigenvalue weighted by Gasteiger charge is 2.10. The minimum Gasteiger partial charge on any atom is -0.494 e. The lowest BCUT2D eigenvalue weighted by Gasteiger charge is -2.08. The number of rotatable bonds is 11. The van der Waals surface area contributed by atoms with Gasteiger partial charge in [-0.15, -0.1) is 0 Å². The van der Waals surface area contributed by atoms with E-state index in [2.05, 4.69) is 0 Å². The molecule has 8 N–H and O–H groups in total. The molecule has 0 fully saturated rings. The Labute approximate surface area is 187 Å². The van der Waals surface area contributed by atoms with Crippen molar-refractivity contribution in [2.75, 3.05) is 13.2 Å². The molecule has 11 heteroatoms. The lowest BCUT2D eigenvalue weighted by molar-refractivity contribution is 0.252. The van der Waals surface area contributed by atoms with Crippen LogP contribution in [0.25, 0.3) is 0 Å². The first-order valence-electron chi connectivity index (χ1n) is 9.79. The van der Waals surface area contributed by atoms with Gasteiger partial charge < -0.3 is 26.0 Å². The van der Waals surface area contributed by atoms with E-state index in [0.29, 0.717) is 24.3 Å². The van der Waals surface area contributed by atoms with Crippen molar-refractivity contribution in [3.8, 4) is 11.5 Å². The Balaban J connectivity index is 0.000000633. The van der Waals surface area contributed by atoms with E-state index in [1.54, 1.807) is 24.3 Å². The van der Waals surface area contributed by atoms with E-state index in [4.69, 9.17) is 41.4 Å². The molecule has 0 amide bonds. The molecule has 2 rings (SSSR count). The maximum absolute atomic E-state index is 9.64. The SMILES string of the molecule is CC(O)S(=O)(=O)O.N=C(N)c1ccc(OCCCCCOc2ccc(C(=N)N)cc2)cc1. The zero-order valence-corrected chi connectivity index (χ0v) is 18.6. The Morgan fingerprint density at radius 1 is 0.844 bits per heavy atom. The molecule has 0 aliphatic carbocycles. The van der Waals surface area contributed by atoms with Gasteiger partial charge in [0.2, 0.25) is 0 Å². The van der Waals surface area contributed by atoms with E-state index in [1.807, 2.05) is 24.3 Å². The van der Waals surface area contributed by atoms with E-state index in [0.717, 1.165) is 37.7 Å². The van der Waals surface area contributed by atoms with Crippen molar-refractivity contribution in [2.24, 2.45) is 11.5 Å². The molecule has 0 aliphatic rings. The number of aliphatic hydroxyl groups excluding tert-OH is 1. The number of nitrogen functional groups attached to an aromatic ring is 2. The highest BCUT2D eigenvalue weighted by Crippen LogP contribution is 2.14. The number of nitrogens with two attached hydrogens (primary N) is 2. The van der Waals surface area contributed by atoms with Crippen LogP contribution in [0.2, 0.25) is 0 Å². The fourth-order valence-electron chi connectivity index (χ4n) is 2.22. The summed E-state index contributed by atoms with van der Waals surface area (Å²) in [7, 11) is -4.19. The van der Waals surface area contributed by atoms with Crippen LogP contribution in [-0.4, -0.2) is 48.4 Å². The van der Waals surface area contributed by atoms with Crippen molar-refractivity contribution in [1.29, 1.82) is 10.8 Å². The van der Waals surface area contributed by atoms with E-state index in [1.165, 1.54) is 0 Å². The third kappa shape index (κ3) is 10.8. The first kappa shape index (κ1) is 26.9. The van der Waals surface area contributed by atoms with E-state index in [9.17, 15) is 8.42 Å². The Morgan fingerprint density at radius 3 is 1.41 bits per heavy atom. The van der Waals surface area contributed by atoms with Crippen LogP contribution in [0.4, 0.5) is 0 Å². The normalized spacial score (nSPS) is 11.6. The van der Waals surface area contributed by atoms with Gasteiger partial charge in [0.1, 0.15) is 23.2 Å². The lowest BCUT2D eigenvalue weighted by atomic mass is 10.2. The van der Waals surface area contributed by atoms with Gasteiger partial charge in [-0.3, -0.25) is 15.4 Å². The summed E-state index contributed by atoms with van der Waals surface area (Å²) in [6.45, 7) is 2.26. The largest absolute Gasteiger partial charge is 0.494 e. The van der Waals surface area contributed by atoms with Gasteiger partial charge in [-0.2, -0.15) is 8.42 Å². The molecule has 0 saturated carbocycles. The van der Waals surface area contributed by atoms with Crippen molar-refractivity contribution in [1.82, 2.24) is 0 Å². The quantitative estimate of drug-likeness (QED) is 0.125. The first-order valence-corrected chi connectivity index (χ1v) is 11.3. The fraction of sp³-hybridized carbons (Fsp3) is 0.333. The van der Waals surface area contributed by atoms with Gasteiger partial charge in [0, 0.05) is 11.1 Å². The zero-order valence-electron chi connectivity index (χ0n) is 17.8. The summed E-state index contributed by atoms with van der Waals surface area (Å²) >= 11 is 0. The summed E-state index contributed by atoms with van der Waals surface area (Å²) in [6.07, 6.45) is 2.90. The molecule has 0 aromatic heterocycles. The van der Waals surface area contributed by atoms with Gasteiger partial charge in [-0.1, -0.05) is 0 Å². The van der Waals surface area contributed by atoms with Crippen molar-refractivity contribution >= 4 is 21.8 Å². The molecule has 0 radical (unpaired) electrons. The third-order valence-electron chi connectivity index (χ3n) is 4.09. The van der Waals surface area contributed by atoms with Gasteiger partial charge in [0.05, 0.1) is 13.2 Å². The summed E-state index contributed by atoms with van der Waals surface area (Å²) in [5, 5.41) is 22.7. The average molecular weight is 467 g/mol. The maximum Gasteiger partial charge on any atom is 0.291 e. The summed E-state index contributed by atoms with van der Waals surface area (Å²) in [6, 6.07) is 14.4. The van der Waals surface area contributed by atoms with Crippen LogP contribution in [-0.2, 0) is 10.1 Å². The molecule has 0 aliphatic heterocycles. The van der Waals surface area contributed by atoms with Gasteiger partial charge in [-0.25, -0.2) is 0 Å². The minimum atomic E-state index is -4.19. The topological polar surface area (TPSA) is 193 Å². The van der Waals surface area contributed by atoms with Gasteiger partial charge >= 0.3 is 0 Å². The third-order valence-corrected chi connectivity index (χ3v) is 4.95. The Morgan fingerprint density at radius 2 is 1.16 bits per heavy atom. The molecule has 0 saturated heterocycles. The van der Waals surface area contributed by atoms with Gasteiger partial charge in [0.15, 0.2) is 5.44 Å². The molecule has 10 nitrogen and oxygen atoms in total. The summed E-state index contributed by atoms with van der Waals surface area (Å²) in [5.74, 6) is 1.68. The molecule has 32 heavy (non-hydrogen) atoms. The monoisotopic (exact) mass is 466 g/mol. The number of aliphatic hydroxyl groups is 1. The number of benzene rings is 2. The molecule has 2 aromatic rings. The Bertz CT molecular complexity index is 899. The molecule has 0 heterocycles. The molecule has 0 bridgehead atoms. The second-order valence-electron chi connectivity index (χ2n) is 6.75. The Hall–Kier alpha value is -3.15. The number of hydrogen-bond acceptors (Lipinski definition) is 7. The predicted octanol–water partition coefficient (Wildman–Crippen LogP) is 2.10. The molecule has 1 unspecified atom stereocenters. The van der Waals surface area contributed by atoms with Crippen molar-refractivity contribution < 1.29 is 27.6 Å². The van der Waals surface area contributed by atoms with Crippen LogP contribution in [0.5, 0.6) is 11.5 Å². The number of nitrogens with one attached hydrogen (secondary N) is 2. The zero-order chi connectivity index (χ0) is 24.1. The number of unbranched alkanes of at least 4 members (excludes halogenated alkanes) is 2. The number of ether oxygens (including phenoxy) is 2.